The number of hydrogen-bond acceptors (Lipinski definition) is 3. The molecule has 0 aromatic heterocycles. The van der Waals surface area contributed by atoms with Crippen LogP contribution in [-0.4, -0.2) is 22.7 Å². The average Bonchev–Trinajstić information content (AvgIpc) is 2.47. The van der Waals surface area contributed by atoms with Gasteiger partial charge in [-0.15, -0.1) is 0 Å². The number of aromatic hydroxyl groups is 1. The minimum atomic E-state index is -1.03. The van der Waals surface area contributed by atoms with Crippen molar-refractivity contribution in [3.8, 4) is 5.75 Å². The molecule has 1 amide bonds. The zero-order chi connectivity index (χ0) is 15.5. The Kier molecular flexibility index (Phi) is 4.23. The fourth-order valence-corrected chi connectivity index (χ4v) is 2.02. The van der Waals surface area contributed by atoms with Crippen molar-refractivity contribution in [3.63, 3.8) is 0 Å². The van der Waals surface area contributed by atoms with E-state index in [1.54, 1.807) is 31.2 Å². The van der Waals surface area contributed by atoms with Gasteiger partial charge in [-0.25, -0.2) is 4.39 Å². The lowest BCUT2D eigenvalue weighted by Crippen LogP contribution is -2.46. The molecule has 0 saturated carbocycles. The number of amides is 1. The molecule has 5 heteroatoms. The molecule has 4 nitrogen and oxygen atoms in total. The molecule has 1 unspecified atom stereocenters. The van der Waals surface area contributed by atoms with Crippen molar-refractivity contribution in [1.82, 2.24) is 5.32 Å². The first-order valence-electron chi connectivity index (χ1n) is 6.44. The molecule has 2 rings (SSSR count). The van der Waals surface area contributed by atoms with Crippen LogP contribution in [0.5, 0.6) is 5.75 Å². The summed E-state index contributed by atoms with van der Waals surface area (Å²) in [6, 6.07) is 12.2. The number of rotatable bonds is 4. The van der Waals surface area contributed by atoms with Crippen LogP contribution in [-0.2, 0) is 5.54 Å². The van der Waals surface area contributed by atoms with E-state index in [4.69, 9.17) is 5.11 Å². The van der Waals surface area contributed by atoms with Gasteiger partial charge >= 0.3 is 0 Å². The van der Waals surface area contributed by atoms with E-state index in [1.165, 1.54) is 12.1 Å². The fraction of sp³-hybridized carbons (Fsp3) is 0.188. The molecule has 2 aromatic rings. The second kappa shape index (κ2) is 5.93. The van der Waals surface area contributed by atoms with Crippen molar-refractivity contribution >= 4 is 5.91 Å². The summed E-state index contributed by atoms with van der Waals surface area (Å²) < 4.78 is 13.7. The average molecular weight is 289 g/mol. The van der Waals surface area contributed by atoms with Crippen molar-refractivity contribution < 1.29 is 19.4 Å². The molecule has 0 spiro atoms. The number of carbonyl (C=O) groups excluding carboxylic acids is 1. The number of hydrogen-bond donors (Lipinski definition) is 3. The second-order valence-corrected chi connectivity index (χ2v) is 4.97. The summed E-state index contributed by atoms with van der Waals surface area (Å²) in [6.45, 7) is 1.32. The van der Waals surface area contributed by atoms with Gasteiger partial charge in [0, 0.05) is 6.07 Å². The third-order valence-corrected chi connectivity index (χ3v) is 3.31. The molecular weight excluding hydrogens is 273 g/mol. The van der Waals surface area contributed by atoms with E-state index in [9.17, 15) is 14.3 Å². The van der Waals surface area contributed by atoms with Gasteiger partial charge in [-0.05, 0) is 24.6 Å². The Morgan fingerprint density at radius 2 is 1.90 bits per heavy atom. The van der Waals surface area contributed by atoms with Crippen molar-refractivity contribution in [1.29, 1.82) is 0 Å². The maximum atomic E-state index is 13.7. The van der Waals surface area contributed by atoms with Gasteiger partial charge < -0.3 is 15.5 Å². The summed E-state index contributed by atoms with van der Waals surface area (Å²) in [5.41, 5.74) is -0.508. The Hall–Kier alpha value is -2.40. The molecule has 0 aliphatic heterocycles. The molecule has 1 atom stereocenters. The summed E-state index contributed by atoms with van der Waals surface area (Å²) in [7, 11) is 0. The Balaban J connectivity index is 2.28. The van der Waals surface area contributed by atoms with Crippen LogP contribution in [0, 0.1) is 5.82 Å². The quantitative estimate of drug-likeness (QED) is 0.808. The van der Waals surface area contributed by atoms with E-state index in [0.717, 1.165) is 6.07 Å². The molecule has 0 aliphatic carbocycles. The van der Waals surface area contributed by atoms with Crippen LogP contribution < -0.4 is 5.32 Å². The van der Waals surface area contributed by atoms with E-state index in [0.29, 0.717) is 5.56 Å². The van der Waals surface area contributed by atoms with Gasteiger partial charge in [-0.1, -0.05) is 30.3 Å². The van der Waals surface area contributed by atoms with Crippen LogP contribution >= 0.6 is 0 Å². The molecular formula is C16H16FNO3. The fourth-order valence-electron chi connectivity index (χ4n) is 2.02. The predicted octanol–water partition coefficient (Wildman–Crippen LogP) is 2.17. The van der Waals surface area contributed by atoms with Crippen LogP contribution in [0.1, 0.15) is 22.8 Å². The highest BCUT2D eigenvalue weighted by molar-refractivity contribution is 5.95. The molecule has 2 aromatic carbocycles. The highest BCUT2D eigenvalue weighted by Gasteiger charge is 2.29. The summed E-state index contributed by atoms with van der Waals surface area (Å²) >= 11 is 0. The van der Waals surface area contributed by atoms with Gasteiger partial charge in [0.05, 0.1) is 17.7 Å². The number of aliphatic hydroxyl groups excluding tert-OH is 1. The normalized spacial score (nSPS) is 13.5. The lowest BCUT2D eigenvalue weighted by Gasteiger charge is -2.29. The summed E-state index contributed by atoms with van der Waals surface area (Å²) in [5, 5.41) is 21.4. The topological polar surface area (TPSA) is 69.6 Å². The first kappa shape index (κ1) is 15.0. The first-order chi connectivity index (χ1) is 9.96. The molecule has 0 aliphatic rings. The highest BCUT2D eigenvalue weighted by atomic mass is 19.1. The summed E-state index contributed by atoms with van der Waals surface area (Å²) in [6.07, 6.45) is 0. The lowest BCUT2D eigenvalue weighted by molar-refractivity contribution is 0.0845. The molecule has 0 fully saturated rings. The Morgan fingerprint density at radius 3 is 2.48 bits per heavy atom. The number of phenols is 1. The van der Waals surface area contributed by atoms with Gasteiger partial charge in [0.2, 0.25) is 0 Å². The van der Waals surface area contributed by atoms with Crippen molar-refractivity contribution in [2.45, 2.75) is 12.5 Å². The molecule has 0 bridgehead atoms. The minimum Gasteiger partial charge on any atom is -0.508 e. The number of aliphatic hydroxyl groups is 1. The van der Waals surface area contributed by atoms with Gasteiger partial charge in [-0.3, -0.25) is 4.79 Å². The first-order valence-corrected chi connectivity index (χ1v) is 6.44. The maximum absolute atomic E-state index is 13.7. The van der Waals surface area contributed by atoms with E-state index >= 15 is 0 Å². The molecule has 21 heavy (non-hydrogen) atoms. The largest absolute Gasteiger partial charge is 0.508 e. The van der Waals surface area contributed by atoms with E-state index in [1.807, 2.05) is 6.07 Å². The minimum absolute atomic E-state index is 0.191. The number of halogens is 1. The number of benzene rings is 2. The third-order valence-electron chi connectivity index (χ3n) is 3.31. The number of phenolic OH excluding ortho intramolecular Hbond substituents is 1. The van der Waals surface area contributed by atoms with Gasteiger partial charge in [0.15, 0.2) is 0 Å². The van der Waals surface area contributed by atoms with Gasteiger partial charge in [0.1, 0.15) is 11.6 Å². The Labute approximate surface area is 121 Å². The SMILES string of the molecule is CC(CO)(NC(=O)c1ccc(O)cc1F)c1ccccc1. The van der Waals surface area contributed by atoms with Crippen LogP contribution in [0.15, 0.2) is 48.5 Å². The maximum Gasteiger partial charge on any atom is 0.255 e. The van der Waals surface area contributed by atoms with Gasteiger partial charge in [-0.2, -0.15) is 0 Å². The lowest BCUT2D eigenvalue weighted by atomic mass is 9.92. The van der Waals surface area contributed by atoms with Crippen LogP contribution in [0.2, 0.25) is 0 Å². The Bertz CT molecular complexity index is 645. The van der Waals surface area contributed by atoms with E-state index < -0.39 is 17.3 Å². The molecule has 110 valence electrons. The van der Waals surface area contributed by atoms with Crippen molar-refractivity contribution in [2.24, 2.45) is 0 Å². The van der Waals surface area contributed by atoms with Crippen LogP contribution in [0.25, 0.3) is 0 Å². The third kappa shape index (κ3) is 3.20. The van der Waals surface area contributed by atoms with Crippen LogP contribution in [0.3, 0.4) is 0 Å². The summed E-state index contributed by atoms with van der Waals surface area (Å²) in [4.78, 5) is 12.2. The van der Waals surface area contributed by atoms with E-state index in [2.05, 4.69) is 5.32 Å². The molecule has 0 saturated heterocycles. The van der Waals surface area contributed by atoms with Crippen molar-refractivity contribution in [2.75, 3.05) is 6.61 Å². The number of carbonyl (C=O) groups is 1. The summed E-state index contributed by atoms with van der Waals surface area (Å²) in [5.74, 6) is -1.73. The molecule has 0 radical (unpaired) electrons. The molecule has 3 N–H and O–H groups in total. The standard InChI is InChI=1S/C16H16FNO3/c1-16(10-19,11-5-3-2-4-6-11)18-15(21)13-8-7-12(20)9-14(13)17/h2-9,19-20H,10H2,1H3,(H,18,21). The second-order valence-electron chi connectivity index (χ2n) is 4.97. The zero-order valence-electron chi connectivity index (χ0n) is 11.5. The van der Waals surface area contributed by atoms with Crippen molar-refractivity contribution in [3.05, 3.63) is 65.5 Å². The van der Waals surface area contributed by atoms with Crippen LogP contribution in [0.4, 0.5) is 4.39 Å². The smallest absolute Gasteiger partial charge is 0.255 e. The Morgan fingerprint density at radius 1 is 1.24 bits per heavy atom. The van der Waals surface area contributed by atoms with E-state index in [-0.39, 0.29) is 17.9 Å². The number of nitrogens with one attached hydrogen (secondary N) is 1. The van der Waals surface area contributed by atoms with Gasteiger partial charge in [0.25, 0.3) is 5.91 Å². The monoisotopic (exact) mass is 289 g/mol. The zero-order valence-corrected chi connectivity index (χ0v) is 11.5. The molecule has 0 heterocycles. The highest BCUT2D eigenvalue weighted by Crippen LogP contribution is 2.22. The predicted molar refractivity (Wildman–Crippen MR) is 76.4 cm³/mol.